The van der Waals surface area contributed by atoms with Gasteiger partial charge in [-0.2, -0.15) is 0 Å². The van der Waals surface area contributed by atoms with Gasteiger partial charge in [0.2, 0.25) is 0 Å². The molecular formula is C18H21N5O2S. The molecule has 3 rings (SSSR count). The smallest absolute Gasteiger partial charge is 0.255 e. The SMILES string of the molecule is Cc1cnc(C(=O)Cc2cc([C@]3(C)CCSC(N)=N3)c(=O)n(C)c2)cn1. The van der Waals surface area contributed by atoms with Crippen molar-refractivity contribution in [3.63, 3.8) is 0 Å². The first kappa shape index (κ1) is 18.3. The van der Waals surface area contributed by atoms with Crippen molar-refractivity contribution in [2.45, 2.75) is 32.2 Å². The molecule has 2 aromatic heterocycles. The van der Waals surface area contributed by atoms with E-state index in [1.165, 1.54) is 22.5 Å². The van der Waals surface area contributed by atoms with Gasteiger partial charge >= 0.3 is 0 Å². The fraction of sp³-hybridized carbons (Fsp3) is 0.389. The first-order chi connectivity index (χ1) is 12.3. The summed E-state index contributed by atoms with van der Waals surface area (Å²) in [5.74, 6) is 0.659. The molecule has 0 unspecified atom stereocenters. The number of nitrogens with two attached hydrogens (primary N) is 1. The third kappa shape index (κ3) is 3.70. The van der Waals surface area contributed by atoms with Crippen LogP contribution in [-0.2, 0) is 19.0 Å². The Hall–Kier alpha value is -2.48. The summed E-state index contributed by atoms with van der Waals surface area (Å²) in [6.45, 7) is 3.73. The van der Waals surface area contributed by atoms with Crippen LogP contribution in [0.2, 0.25) is 0 Å². The lowest BCUT2D eigenvalue weighted by Crippen LogP contribution is -2.36. The minimum absolute atomic E-state index is 0.123. The highest BCUT2D eigenvalue weighted by atomic mass is 32.2. The fourth-order valence-electron chi connectivity index (χ4n) is 2.96. The largest absolute Gasteiger partial charge is 0.379 e. The van der Waals surface area contributed by atoms with E-state index in [1.807, 2.05) is 13.8 Å². The number of nitrogens with zero attached hydrogens (tertiary/aromatic N) is 4. The first-order valence-corrected chi connectivity index (χ1v) is 9.27. The van der Waals surface area contributed by atoms with E-state index in [9.17, 15) is 9.59 Å². The number of hydrogen-bond acceptors (Lipinski definition) is 7. The van der Waals surface area contributed by atoms with Crippen LogP contribution in [0.4, 0.5) is 0 Å². The molecule has 1 aliphatic rings. The summed E-state index contributed by atoms with van der Waals surface area (Å²) < 4.78 is 1.50. The maximum atomic E-state index is 12.7. The zero-order valence-corrected chi connectivity index (χ0v) is 15.8. The Morgan fingerprint density at radius 3 is 2.81 bits per heavy atom. The van der Waals surface area contributed by atoms with Crippen molar-refractivity contribution in [2.75, 3.05) is 5.75 Å². The van der Waals surface area contributed by atoms with Crippen LogP contribution in [0, 0.1) is 6.92 Å². The fourth-order valence-corrected chi connectivity index (χ4v) is 3.93. The van der Waals surface area contributed by atoms with Gasteiger partial charge in [-0.15, -0.1) is 0 Å². The quantitative estimate of drug-likeness (QED) is 0.819. The normalized spacial score (nSPS) is 19.9. The number of amidine groups is 1. The van der Waals surface area contributed by atoms with Crippen LogP contribution in [0.25, 0.3) is 0 Å². The number of ketones is 1. The molecule has 8 heteroatoms. The van der Waals surface area contributed by atoms with E-state index in [1.54, 1.807) is 25.5 Å². The zero-order chi connectivity index (χ0) is 18.9. The standard InChI is InChI=1S/C18H21N5O2S/c1-11-8-21-14(9-20-11)15(24)7-12-6-13(16(25)23(3)10-12)18(2)4-5-26-17(19)22-18/h6,8-10H,4-5,7H2,1-3H3,(H2,19,22)/t18-/m0/s1. The van der Waals surface area contributed by atoms with E-state index in [0.717, 1.165) is 17.0 Å². The topological polar surface area (TPSA) is 103 Å². The number of Topliss-reactive ketones (excluding diaryl/α,β-unsaturated/α-hetero) is 1. The highest BCUT2D eigenvalue weighted by Crippen LogP contribution is 2.33. The van der Waals surface area contributed by atoms with Crippen molar-refractivity contribution in [2.24, 2.45) is 17.8 Å². The van der Waals surface area contributed by atoms with Crippen molar-refractivity contribution in [1.29, 1.82) is 0 Å². The number of rotatable bonds is 4. The van der Waals surface area contributed by atoms with E-state index in [0.29, 0.717) is 22.8 Å². The van der Waals surface area contributed by atoms with Crippen molar-refractivity contribution in [1.82, 2.24) is 14.5 Å². The molecule has 0 fully saturated rings. The number of carbonyl (C=O) groups is 1. The van der Waals surface area contributed by atoms with E-state index in [4.69, 9.17) is 5.73 Å². The average molecular weight is 371 g/mol. The van der Waals surface area contributed by atoms with Crippen molar-refractivity contribution in [3.05, 3.63) is 57.5 Å². The van der Waals surface area contributed by atoms with Crippen LogP contribution in [0.3, 0.4) is 0 Å². The lowest BCUT2D eigenvalue weighted by atomic mass is 9.89. The summed E-state index contributed by atoms with van der Waals surface area (Å²) in [5, 5.41) is 0.484. The van der Waals surface area contributed by atoms with Crippen molar-refractivity contribution < 1.29 is 4.79 Å². The Morgan fingerprint density at radius 1 is 1.38 bits per heavy atom. The van der Waals surface area contributed by atoms with Crippen LogP contribution in [0.5, 0.6) is 0 Å². The Labute approximate surface area is 155 Å². The van der Waals surface area contributed by atoms with Gasteiger partial charge in [0.15, 0.2) is 11.0 Å². The molecule has 2 aromatic rings. The molecule has 26 heavy (non-hydrogen) atoms. The second kappa shape index (κ2) is 7.03. The zero-order valence-electron chi connectivity index (χ0n) is 15.0. The molecule has 0 aliphatic carbocycles. The molecule has 0 amide bonds. The van der Waals surface area contributed by atoms with Gasteiger partial charge in [-0.1, -0.05) is 11.8 Å². The molecule has 2 N–H and O–H groups in total. The second-order valence-corrected chi connectivity index (χ2v) is 7.76. The van der Waals surface area contributed by atoms with Crippen molar-refractivity contribution >= 4 is 22.7 Å². The predicted molar refractivity (Wildman–Crippen MR) is 103 cm³/mol. The van der Waals surface area contributed by atoms with Crippen LogP contribution in [-0.4, -0.2) is 31.2 Å². The number of aromatic nitrogens is 3. The van der Waals surface area contributed by atoms with E-state index in [-0.39, 0.29) is 17.8 Å². The van der Waals surface area contributed by atoms with E-state index in [2.05, 4.69) is 15.0 Å². The molecule has 0 spiro atoms. The average Bonchev–Trinajstić information content (AvgIpc) is 2.58. The molecule has 0 radical (unpaired) electrons. The van der Waals surface area contributed by atoms with Gasteiger partial charge in [-0.25, -0.2) is 4.98 Å². The number of pyridine rings is 1. The van der Waals surface area contributed by atoms with Crippen molar-refractivity contribution in [3.8, 4) is 0 Å². The number of thioether (sulfide) groups is 1. The number of carbonyl (C=O) groups excluding carboxylic acids is 1. The maximum Gasteiger partial charge on any atom is 0.255 e. The minimum atomic E-state index is -0.674. The molecule has 3 heterocycles. The third-order valence-electron chi connectivity index (χ3n) is 4.45. The number of hydrogen-bond donors (Lipinski definition) is 1. The van der Waals surface area contributed by atoms with Crippen LogP contribution in [0.1, 0.15) is 40.7 Å². The van der Waals surface area contributed by atoms with Gasteiger partial charge in [-0.3, -0.25) is 19.6 Å². The Bertz CT molecular complexity index is 936. The molecule has 7 nitrogen and oxygen atoms in total. The summed E-state index contributed by atoms with van der Waals surface area (Å²) in [4.78, 5) is 37.9. The molecule has 0 aromatic carbocycles. The molecule has 0 bridgehead atoms. The Balaban J connectivity index is 1.96. The van der Waals surface area contributed by atoms with Gasteiger partial charge in [0.1, 0.15) is 5.69 Å². The molecule has 0 saturated heterocycles. The van der Waals surface area contributed by atoms with Gasteiger partial charge in [0.05, 0.1) is 17.4 Å². The van der Waals surface area contributed by atoms with E-state index < -0.39 is 5.54 Å². The van der Waals surface area contributed by atoms with Gasteiger partial charge in [0.25, 0.3) is 5.56 Å². The summed E-state index contributed by atoms with van der Waals surface area (Å²) in [5.41, 5.74) is 7.45. The third-order valence-corrected chi connectivity index (χ3v) is 5.24. The van der Waals surface area contributed by atoms with Gasteiger partial charge < -0.3 is 10.3 Å². The summed E-state index contributed by atoms with van der Waals surface area (Å²) in [6.07, 6.45) is 5.58. The first-order valence-electron chi connectivity index (χ1n) is 8.28. The Morgan fingerprint density at radius 2 is 2.15 bits per heavy atom. The molecule has 0 saturated carbocycles. The number of aryl methyl sites for hydroxylation is 2. The molecular weight excluding hydrogens is 350 g/mol. The van der Waals surface area contributed by atoms with Gasteiger partial charge in [-0.05, 0) is 31.9 Å². The van der Waals surface area contributed by atoms with E-state index >= 15 is 0 Å². The lowest BCUT2D eigenvalue weighted by Gasteiger charge is -2.29. The lowest BCUT2D eigenvalue weighted by molar-refractivity contribution is 0.0987. The molecule has 1 atom stereocenters. The summed E-state index contributed by atoms with van der Waals surface area (Å²) in [6, 6.07) is 1.77. The molecule has 136 valence electrons. The maximum absolute atomic E-state index is 12.7. The summed E-state index contributed by atoms with van der Waals surface area (Å²) >= 11 is 1.49. The minimum Gasteiger partial charge on any atom is -0.379 e. The molecule has 1 aliphatic heterocycles. The highest BCUT2D eigenvalue weighted by molar-refractivity contribution is 8.13. The van der Waals surface area contributed by atoms with Crippen LogP contribution in [0.15, 0.2) is 34.4 Å². The summed E-state index contributed by atoms with van der Waals surface area (Å²) in [7, 11) is 1.68. The number of aliphatic imine (C=N–C) groups is 1. The van der Waals surface area contributed by atoms with Crippen LogP contribution >= 0.6 is 11.8 Å². The van der Waals surface area contributed by atoms with Crippen LogP contribution < -0.4 is 11.3 Å². The predicted octanol–water partition coefficient (Wildman–Crippen LogP) is 1.58. The highest BCUT2D eigenvalue weighted by Gasteiger charge is 2.32. The second-order valence-electron chi connectivity index (χ2n) is 6.64. The monoisotopic (exact) mass is 371 g/mol. The Kier molecular flexibility index (Phi) is 4.95. The van der Waals surface area contributed by atoms with Gasteiger partial charge in [0, 0.05) is 37.2 Å².